The van der Waals surface area contributed by atoms with Crippen LogP contribution in [0.2, 0.25) is 0 Å². The van der Waals surface area contributed by atoms with Gasteiger partial charge in [-0.3, -0.25) is 0 Å². The van der Waals surface area contributed by atoms with Crippen molar-refractivity contribution < 1.29 is 4.74 Å². The molecule has 0 N–H and O–H groups in total. The molecule has 0 saturated heterocycles. The van der Waals surface area contributed by atoms with Crippen LogP contribution in [0.3, 0.4) is 0 Å². The van der Waals surface area contributed by atoms with Crippen molar-refractivity contribution in [3.63, 3.8) is 0 Å². The molecule has 1 aromatic carbocycles. The molecule has 0 radical (unpaired) electrons. The van der Waals surface area contributed by atoms with Crippen molar-refractivity contribution in [1.29, 1.82) is 0 Å². The highest BCUT2D eigenvalue weighted by Gasteiger charge is 2.30. The third-order valence-corrected chi connectivity index (χ3v) is 6.56. The SMILES string of the molecule is CCC1CCC(C2CCC(CCOc3ccccc3)CC2)CC1. The first kappa shape index (κ1) is 16.9. The summed E-state index contributed by atoms with van der Waals surface area (Å²) in [6.07, 6.45) is 14.5. The Labute approximate surface area is 142 Å². The van der Waals surface area contributed by atoms with Crippen LogP contribution in [0.15, 0.2) is 30.3 Å². The molecule has 2 aliphatic rings. The highest BCUT2D eigenvalue weighted by molar-refractivity contribution is 5.20. The Morgan fingerprint density at radius 2 is 1.35 bits per heavy atom. The van der Waals surface area contributed by atoms with E-state index in [0.29, 0.717) is 0 Å². The zero-order valence-corrected chi connectivity index (χ0v) is 14.9. The van der Waals surface area contributed by atoms with Gasteiger partial charge in [-0.05, 0) is 67.9 Å². The van der Waals surface area contributed by atoms with Crippen molar-refractivity contribution in [3.8, 4) is 5.75 Å². The van der Waals surface area contributed by atoms with E-state index in [1.807, 2.05) is 18.2 Å². The summed E-state index contributed by atoms with van der Waals surface area (Å²) in [6.45, 7) is 3.26. The Bertz CT molecular complexity index is 425. The Morgan fingerprint density at radius 1 is 0.783 bits per heavy atom. The fourth-order valence-electron chi connectivity index (χ4n) is 4.88. The van der Waals surface area contributed by atoms with Crippen molar-refractivity contribution in [3.05, 3.63) is 30.3 Å². The van der Waals surface area contributed by atoms with E-state index in [0.717, 1.165) is 36.0 Å². The van der Waals surface area contributed by atoms with Crippen LogP contribution in [0, 0.1) is 23.7 Å². The van der Waals surface area contributed by atoms with Crippen LogP contribution in [0.4, 0.5) is 0 Å². The molecule has 0 aromatic heterocycles. The molecule has 0 amide bonds. The first-order valence-electron chi connectivity index (χ1n) is 10.0. The highest BCUT2D eigenvalue weighted by atomic mass is 16.5. The molecule has 3 rings (SSSR count). The largest absolute Gasteiger partial charge is 0.494 e. The molecule has 128 valence electrons. The maximum absolute atomic E-state index is 5.88. The van der Waals surface area contributed by atoms with Crippen LogP contribution in [0.25, 0.3) is 0 Å². The van der Waals surface area contributed by atoms with Gasteiger partial charge in [0.25, 0.3) is 0 Å². The average Bonchev–Trinajstić information content (AvgIpc) is 2.63. The second kappa shape index (κ2) is 8.76. The third kappa shape index (κ3) is 4.99. The molecule has 1 aromatic rings. The molecule has 0 atom stereocenters. The molecule has 1 heteroatoms. The Hall–Kier alpha value is -0.980. The summed E-state index contributed by atoms with van der Waals surface area (Å²) in [5.41, 5.74) is 0. The van der Waals surface area contributed by atoms with Crippen molar-refractivity contribution in [2.24, 2.45) is 23.7 Å². The van der Waals surface area contributed by atoms with Gasteiger partial charge in [0.05, 0.1) is 6.61 Å². The quantitative estimate of drug-likeness (QED) is 0.584. The Morgan fingerprint density at radius 3 is 1.91 bits per heavy atom. The second-order valence-corrected chi connectivity index (χ2v) is 7.92. The van der Waals surface area contributed by atoms with Crippen molar-refractivity contribution in [2.75, 3.05) is 6.61 Å². The molecular formula is C22H34O. The van der Waals surface area contributed by atoms with E-state index in [2.05, 4.69) is 19.1 Å². The van der Waals surface area contributed by atoms with Gasteiger partial charge in [0, 0.05) is 0 Å². The van der Waals surface area contributed by atoms with Crippen LogP contribution in [0.1, 0.15) is 71.1 Å². The lowest BCUT2D eigenvalue weighted by Gasteiger charge is -2.37. The summed E-state index contributed by atoms with van der Waals surface area (Å²) in [5.74, 6) is 5.06. The van der Waals surface area contributed by atoms with Gasteiger partial charge in [0.15, 0.2) is 0 Å². The lowest BCUT2D eigenvalue weighted by Crippen LogP contribution is -2.26. The summed E-state index contributed by atoms with van der Waals surface area (Å²) >= 11 is 0. The van der Waals surface area contributed by atoms with E-state index >= 15 is 0 Å². The van der Waals surface area contributed by atoms with Crippen LogP contribution >= 0.6 is 0 Å². The van der Waals surface area contributed by atoms with Crippen LogP contribution in [-0.2, 0) is 0 Å². The third-order valence-electron chi connectivity index (χ3n) is 6.56. The highest BCUT2D eigenvalue weighted by Crippen LogP contribution is 2.42. The minimum absolute atomic E-state index is 0.890. The fourth-order valence-corrected chi connectivity index (χ4v) is 4.88. The summed E-state index contributed by atoms with van der Waals surface area (Å²) in [6, 6.07) is 10.3. The van der Waals surface area contributed by atoms with Gasteiger partial charge in [-0.2, -0.15) is 0 Å². The number of ether oxygens (including phenoxy) is 1. The molecule has 0 aliphatic heterocycles. The minimum atomic E-state index is 0.890. The van der Waals surface area contributed by atoms with E-state index in [-0.39, 0.29) is 0 Å². The number of hydrogen-bond donors (Lipinski definition) is 0. The topological polar surface area (TPSA) is 9.23 Å². The molecule has 0 unspecified atom stereocenters. The van der Waals surface area contributed by atoms with E-state index in [4.69, 9.17) is 4.74 Å². The molecule has 1 nitrogen and oxygen atoms in total. The van der Waals surface area contributed by atoms with E-state index in [1.54, 1.807) is 0 Å². The minimum Gasteiger partial charge on any atom is -0.494 e. The van der Waals surface area contributed by atoms with E-state index in [1.165, 1.54) is 64.2 Å². The molecule has 2 saturated carbocycles. The van der Waals surface area contributed by atoms with Gasteiger partial charge in [0.2, 0.25) is 0 Å². The normalized spacial score (nSPS) is 31.7. The van der Waals surface area contributed by atoms with E-state index in [9.17, 15) is 0 Å². The van der Waals surface area contributed by atoms with Gasteiger partial charge >= 0.3 is 0 Å². The number of rotatable bonds is 6. The molecule has 2 fully saturated rings. The van der Waals surface area contributed by atoms with Gasteiger partial charge < -0.3 is 4.74 Å². The molecule has 2 aliphatic carbocycles. The Kier molecular flexibility index (Phi) is 6.42. The lowest BCUT2D eigenvalue weighted by atomic mass is 9.68. The predicted octanol–water partition coefficient (Wildman–Crippen LogP) is 6.48. The molecule has 23 heavy (non-hydrogen) atoms. The van der Waals surface area contributed by atoms with Crippen LogP contribution < -0.4 is 4.74 Å². The summed E-state index contributed by atoms with van der Waals surface area (Å²) in [5, 5.41) is 0. The van der Waals surface area contributed by atoms with Crippen LogP contribution in [-0.4, -0.2) is 6.61 Å². The molecular weight excluding hydrogens is 280 g/mol. The van der Waals surface area contributed by atoms with Crippen molar-refractivity contribution in [2.45, 2.75) is 71.1 Å². The van der Waals surface area contributed by atoms with Crippen molar-refractivity contribution in [1.82, 2.24) is 0 Å². The summed E-state index contributed by atoms with van der Waals surface area (Å²) in [4.78, 5) is 0. The zero-order chi connectivity index (χ0) is 15.9. The summed E-state index contributed by atoms with van der Waals surface area (Å²) < 4.78 is 5.88. The number of benzene rings is 1. The molecule has 0 heterocycles. The van der Waals surface area contributed by atoms with Gasteiger partial charge in [0.1, 0.15) is 5.75 Å². The standard InChI is InChI=1S/C22H34O/c1-2-18-8-12-20(13-9-18)21-14-10-19(11-15-21)16-17-23-22-6-4-3-5-7-22/h3-7,18-21H,2,8-17H2,1H3. The van der Waals surface area contributed by atoms with Gasteiger partial charge in [-0.15, -0.1) is 0 Å². The second-order valence-electron chi connectivity index (χ2n) is 7.92. The number of para-hydroxylation sites is 1. The predicted molar refractivity (Wildman–Crippen MR) is 97.7 cm³/mol. The van der Waals surface area contributed by atoms with E-state index < -0.39 is 0 Å². The molecule has 0 bridgehead atoms. The monoisotopic (exact) mass is 314 g/mol. The number of hydrogen-bond acceptors (Lipinski definition) is 1. The first-order valence-corrected chi connectivity index (χ1v) is 10.0. The van der Waals surface area contributed by atoms with Gasteiger partial charge in [-0.25, -0.2) is 0 Å². The smallest absolute Gasteiger partial charge is 0.119 e. The average molecular weight is 315 g/mol. The van der Waals surface area contributed by atoms with Crippen LogP contribution in [0.5, 0.6) is 5.75 Å². The zero-order valence-electron chi connectivity index (χ0n) is 14.9. The fraction of sp³-hybridized carbons (Fsp3) is 0.727. The van der Waals surface area contributed by atoms with Crippen molar-refractivity contribution >= 4 is 0 Å². The molecule has 0 spiro atoms. The Balaban J connectivity index is 1.32. The summed E-state index contributed by atoms with van der Waals surface area (Å²) in [7, 11) is 0. The first-order chi connectivity index (χ1) is 11.3. The lowest BCUT2D eigenvalue weighted by molar-refractivity contribution is 0.135. The maximum atomic E-state index is 5.88. The van der Waals surface area contributed by atoms with Gasteiger partial charge in [-0.1, -0.05) is 57.2 Å². The maximum Gasteiger partial charge on any atom is 0.119 e.